The molecule has 0 aromatic heterocycles. The lowest BCUT2D eigenvalue weighted by Crippen LogP contribution is -2.25. The fraction of sp³-hybridized carbons (Fsp3) is 0.0714. The van der Waals surface area contributed by atoms with Gasteiger partial charge in [-0.1, -0.05) is 11.8 Å². The first-order valence-corrected chi connectivity index (χ1v) is 6.62. The zero-order valence-electron chi connectivity index (χ0n) is 10.1. The van der Waals surface area contributed by atoms with Crippen molar-refractivity contribution in [2.24, 2.45) is 0 Å². The van der Waals surface area contributed by atoms with Crippen LogP contribution in [0.1, 0.15) is 0 Å². The van der Waals surface area contributed by atoms with E-state index in [4.69, 9.17) is 10.5 Å². The Kier molecular flexibility index (Phi) is 3.05. The maximum absolute atomic E-state index is 11.2. The van der Waals surface area contributed by atoms with Gasteiger partial charge in [-0.3, -0.25) is 4.79 Å². The molecule has 5 heteroatoms. The third kappa shape index (κ3) is 2.66. The number of amides is 1. The monoisotopic (exact) mass is 272 g/mol. The van der Waals surface area contributed by atoms with Crippen LogP contribution in [0, 0.1) is 0 Å². The maximum atomic E-state index is 11.2. The van der Waals surface area contributed by atoms with E-state index in [2.05, 4.69) is 5.32 Å². The molecule has 2 aromatic rings. The molecule has 0 atom stereocenters. The first-order valence-electron chi connectivity index (χ1n) is 5.81. The number of nitrogens with one attached hydrogen (secondary N) is 1. The molecule has 0 saturated carbocycles. The second kappa shape index (κ2) is 4.85. The topological polar surface area (TPSA) is 64.3 Å². The standard InChI is InChI=1S/C14H12N2O2S/c15-9-1-3-10(4-2-9)19-11-5-6-12-13(7-11)18-8-14(17)16-12/h1-7H,8,15H2,(H,16,17). The van der Waals surface area contributed by atoms with Gasteiger partial charge < -0.3 is 15.8 Å². The summed E-state index contributed by atoms with van der Waals surface area (Å²) < 4.78 is 5.39. The van der Waals surface area contributed by atoms with Crippen molar-refractivity contribution in [3.05, 3.63) is 42.5 Å². The molecule has 0 spiro atoms. The van der Waals surface area contributed by atoms with Gasteiger partial charge in [-0.15, -0.1) is 0 Å². The molecule has 3 N–H and O–H groups in total. The highest BCUT2D eigenvalue weighted by Gasteiger charge is 2.15. The number of ether oxygens (including phenoxy) is 1. The molecule has 0 bridgehead atoms. The lowest BCUT2D eigenvalue weighted by molar-refractivity contribution is -0.118. The van der Waals surface area contributed by atoms with Gasteiger partial charge >= 0.3 is 0 Å². The van der Waals surface area contributed by atoms with Crippen molar-refractivity contribution in [3.63, 3.8) is 0 Å². The van der Waals surface area contributed by atoms with Gasteiger partial charge in [0.05, 0.1) is 5.69 Å². The van der Waals surface area contributed by atoms with E-state index in [1.807, 2.05) is 42.5 Å². The van der Waals surface area contributed by atoms with Gasteiger partial charge in [-0.05, 0) is 42.5 Å². The number of carbonyl (C=O) groups is 1. The Morgan fingerprint density at radius 2 is 1.84 bits per heavy atom. The van der Waals surface area contributed by atoms with E-state index in [1.165, 1.54) is 0 Å². The normalized spacial score (nSPS) is 13.4. The summed E-state index contributed by atoms with van der Waals surface area (Å²) in [4.78, 5) is 13.3. The number of hydrogen-bond donors (Lipinski definition) is 2. The van der Waals surface area contributed by atoms with Crippen LogP contribution in [-0.4, -0.2) is 12.5 Å². The van der Waals surface area contributed by atoms with Gasteiger partial charge in [0, 0.05) is 15.5 Å². The van der Waals surface area contributed by atoms with Crippen molar-refractivity contribution < 1.29 is 9.53 Å². The number of rotatable bonds is 2. The molecular weight excluding hydrogens is 260 g/mol. The Morgan fingerprint density at radius 1 is 1.11 bits per heavy atom. The first kappa shape index (κ1) is 11.9. The third-order valence-corrected chi connectivity index (χ3v) is 3.70. The Morgan fingerprint density at radius 3 is 2.63 bits per heavy atom. The van der Waals surface area contributed by atoms with Gasteiger partial charge in [-0.25, -0.2) is 0 Å². The Bertz CT molecular complexity index is 626. The van der Waals surface area contributed by atoms with Crippen molar-refractivity contribution in [2.45, 2.75) is 9.79 Å². The fourth-order valence-electron chi connectivity index (χ4n) is 1.79. The lowest BCUT2D eigenvalue weighted by Gasteiger charge is -2.18. The molecule has 19 heavy (non-hydrogen) atoms. The molecule has 2 aromatic carbocycles. The zero-order chi connectivity index (χ0) is 13.2. The minimum atomic E-state index is -0.119. The molecule has 3 rings (SSSR count). The third-order valence-electron chi connectivity index (χ3n) is 2.70. The molecule has 4 nitrogen and oxygen atoms in total. The van der Waals surface area contributed by atoms with E-state index in [9.17, 15) is 4.79 Å². The van der Waals surface area contributed by atoms with E-state index in [1.54, 1.807) is 11.8 Å². The van der Waals surface area contributed by atoms with Crippen molar-refractivity contribution in [2.75, 3.05) is 17.7 Å². The molecule has 1 amide bonds. The summed E-state index contributed by atoms with van der Waals surface area (Å²) in [7, 11) is 0. The van der Waals surface area contributed by atoms with Crippen LogP contribution in [0.25, 0.3) is 0 Å². The predicted molar refractivity (Wildman–Crippen MR) is 75.5 cm³/mol. The molecule has 1 aliphatic rings. The Labute approximate surface area is 115 Å². The van der Waals surface area contributed by atoms with E-state index in [0.29, 0.717) is 5.75 Å². The van der Waals surface area contributed by atoms with Crippen LogP contribution in [0.3, 0.4) is 0 Å². The van der Waals surface area contributed by atoms with Crippen LogP contribution in [0.5, 0.6) is 5.75 Å². The lowest BCUT2D eigenvalue weighted by atomic mass is 10.2. The van der Waals surface area contributed by atoms with Crippen LogP contribution < -0.4 is 15.8 Å². The molecule has 1 aliphatic heterocycles. The van der Waals surface area contributed by atoms with Crippen LogP contribution in [0.2, 0.25) is 0 Å². The number of anilines is 2. The SMILES string of the molecule is Nc1ccc(Sc2ccc3c(c2)OCC(=O)N3)cc1. The summed E-state index contributed by atoms with van der Waals surface area (Å²) in [5, 5.41) is 2.77. The average molecular weight is 272 g/mol. The van der Waals surface area contributed by atoms with Gasteiger partial charge in [0.15, 0.2) is 6.61 Å². The van der Waals surface area contributed by atoms with Gasteiger partial charge in [-0.2, -0.15) is 0 Å². The number of nitrogen functional groups attached to an aromatic ring is 1. The minimum absolute atomic E-state index is 0.0724. The second-order valence-electron chi connectivity index (χ2n) is 4.17. The molecule has 96 valence electrons. The summed E-state index contributed by atoms with van der Waals surface area (Å²) in [6.45, 7) is 0.0724. The molecule has 0 fully saturated rings. The summed E-state index contributed by atoms with van der Waals surface area (Å²) in [6, 6.07) is 13.4. The molecule has 0 saturated heterocycles. The van der Waals surface area contributed by atoms with Crippen LogP contribution in [0.15, 0.2) is 52.3 Å². The summed E-state index contributed by atoms with van der Waals surface area (Å²) in [6.07, 6.45) is 0. The van der Waals surface area contributed by atoms with E-state index >= 15 is 0 Å². The maximum Gasteiger partial charge on any atom is 0.262 e. The predicted octanol–water partition coefficient (Wildman–Crippen LogP) is 2.75. The highest BCUT2D eigenvalue weighted by atomic mass is 32.2. The van der Waals surface area contributed by atoms with Crippen molar-refractivity contribution in [1.29, 1.82) is 0 Å². The molecule has 0 aliphatic carbocycles. The van der Waals surface area contributed by atoms with E-state index in [0.717, 1.165) is 21.2 Å². The number of nitrogens with two attached hydrogens (primary N) is 1. The quantitative estimate of drug-likeness (QED) is 0.825. The summed E-state index contributed by atoms with van der Waals surface area (Å²) in [5.41, 5.74) is 7.13. The van der Waals surface area contributed by atoms with E-state index < -0.39 is 0 Å². The highest BCUT2D eigenvalue weighted by Crippen LogP contribution is 2.35. The number of benzene rings is 2. The largest absolute Gasteiger partial charge is 0.482 e. The van der Waals surface area contributed by atoms with Gasteiger partial charge in [0.2, 0.25) is 0 Å². The first-order chi connectivity index (χ1) is 9.20. The number of fused-ring (bicyclic) bond motifs is 1. The summed E-state index contributed by atoms with van der Waals surface area (Å²) in [5.74, 6) is 0.589. The Hall–Kier alpha value is -2.14. The van der Waals surface area contributed by atoms with Crippen LogP contribution in [-0.2, 0) is 4.79 Å². The van der Waals surface area contributed by atoms with Crippen molar-refractivity contribution in [3.8, 4) is 5.75 Å². The molecular formula is C14H12N2O2S. The van der Waals surface area contributed by atoms with Crippen molar-refractivity contribution in [1.82, 2.24) is 0 Å². The van der Waals surface area contributed by atoms with E-state index in [-0.39, 0.29) is 12.5 Å². The smallest absolute Gasteiger partial charge is 0.262 e. The molecule has 0 unspecified atom stereocenters. The van der Waals surface area contributed by atoms with Gasteiger partial charge in [0.1, 0.15) is 5.75 Å². The average Bonchev–Trinajstić information content (AvgIpc) is 2.42. The van der Waals surface area contributed by atoms with Crippen LogP contribution in [0.4, 0.5) is 11.4 Å². The highest BCUT2D eigenvalue weighted by molar-refractivity contribution is 7.99. The Balaban J connectivity index is 1.82. The number of carbonyl (C=O) groups excluding carboxylic acids is 1. The second-order valence-corrected chi connectivity index (χ2v) is 5.31. The van der Waals surface area contributed by atoms with Crippen molar-refractivity contribution >= 4 is 29.0 Å². The zero-order valence-corrected chi connectivity index (χ0v) is 10.9. The van der Waals surface area contributed by atoms with Gasteiger partial charge in [0.25, 0.3) is 5.91 Å². The van der Waals surface area contributed by atoms with Crippen LogP contribution >= 0.6 is 11.8 Å². The summed E-state index contributed by atoms with van der Waals surface area (Å²) >= 11 is 1.62. The minimum Gasteiger partial charge on any atom is -0.482 e. The fourth-order valence-corrected chi connectivity index (χ4v) is 2.64. The molecule has 1 heterocycles. The number of hydrogen-bond acceptors (Lipinski definition) is 4. The molecule has 0 radical (unpaired) electrons.